The minimum Gasteiger partial charge on any atom is -0.490 e. The Hall–Kier alpha value is -1.48. The van der Waals surface area contributed by atoms with Gasteiger partial charge >= 0.3 is 0 Å². The summed E-state index contributed by atoms with van der Waals surface area (Å²) in [6.45, 7) is 5.90. The Labute approximate surface area is 120 Å². The van der Waals surface area contributed by atoms with Gasteiger partial charge in [-0.15, -0.1) is 0 Å². The van der Waals surface area contributed by atoms with Gasteiger partial charge in [-0.25, -0.2) is 0 Å². The number of benzene rings is 1. The normalized spacial score (nSPS) is 16.5. The molecule has 1 fully saturated rings. The first-order valence-electron chi connectivity index (χ1n) is 7.72. The average molecular weight is 273 g/mol. The molecule has 2 aromatic rings. The Morgan fingerprint density at radius 3 is 2.90 bits per heavy atom. The Morgan fingerprint density at radius 1 is 1.35 bits per heavy atom. The summed E-state index contributed by atoms with van der Waals surface area (Å²) in [6.07, 6.45) is 3.75. The Balaban J connectivity index is 1.92. The molecule has 0 saturated heterocycles. The predicted octanol–water partition coefficient (Wildman–Crippen LogP) is 4.28. The smallest absolute Gasteiger partial charge is 0.176 e. The van der Waals surface area contributed by atoms with E-state index in [4.69, 9.17) is 9.15 Å². The second-order valence-corrected chi connectivity index (χ2v) is 5.53. The average Bonchev–Trinajstić information content (AvgIpc) is 3.18. The van der Waals surface area contributed by atoms with E-state index in [1.165, 1.54) is 12.8 Å². The standard InChI is InChI=1S/C17H23NO2/c1-3-10-18-16(12-8-9-12)15-11-13-6-5-7-14(19-4-2)17(13)20-15/h5-7,11-12,16,18H,3-4,8-10H2,1-2H3. The lowest BCUT2D eigenvalue weighted by atomic mass is 10.1. The molecule has 0 bridgehead atoms. The number of furan rings is 1. The highest BCUT2D eigenvalue weighted by Crippen LogP contribution is 2.43. The van der Waals surface area contributed by atoms with Gasteiger partial charge in [-0.05, 0) is 50.8 Å². The van der Waals surface area contributed by atoms with Crippen molar-refractivity contribution in [2.45, 2.75) is 39.2 Å². The SMILES string of the molecule is CCCNC(c1cc2cccc(OCC)c2o1)C1CC1. The molecule has 0 spiro atoms. The van der Waals surface area contributed by atoms with E-state index in [2.05, 4.69) is 24.4 Å². The highest BCUT2D eigenvalue weighted by Gasteiger charge is 2.34. The number of hydrogen-bond donors (Lipinski definition) is 1. The van der Waals surface area contributed by atoms with Gasteiger partial charge in [0, 0.05) is 5.39 Å². The zero-order valence-corrected chi connectivity index (χ0v) is 12.3. The van der Waals surface area contributed by atoms with Crippen LogP contribution in [0.25, 0.3) is 11.0 Å². The summed E-state index contributed by atoms with van der Waals surface area (Å²) >= 11 is 0. The first kappa shape index (κ1) is 13.5. The van der Waals surface area contributed by atoms with E-state index < -0.39 is 0 Å². The second kappa shape index (κ2) is 5.88. The highest BCUT2D eigenvalue weighted by atomic mass is 16.5. The molecular weight excluding hydrogens is 250 g/mol. The van der Waals surface area contributed by atoms with E-state index in [-0.39, 0.29) is 0 Å². The van der Waals surface area contributed by atoms with Crippen molar-refractivity contribution in [1.29, 1.82) is 0 Å². The van der Waals surface area contributed by atoms with Crippen molar-refractivity contribution in [1.82, 2.24) is 5.32 Å². The third-order valence-electron chi connectivity index (χ3n) is 3.84. The molecule has 1 N–H and O–H groups in total. The van der Waals surface area contributed by atoms with Crippen LogP contribution in [0.4, 0.5) is 0 Å². The van der Waals surface area contributed by atoms with E-state index in [1.807, 2.05) is 19.1 Å². The molecule has 108 valence electrons. The van der Waals surface area contributed by atoms with Crippen molar-refractivity contribution in [2.24, 2.45) is 5.92 Å². The van der Waals surface area contributed by atoms with E-state index in [1.54, 1.807) is 0 Å². The molecule has 1 unspecified atom stereocenters. The van der Waals surface area contributed by atoms with Gasteiger partial charge in [0.15, 0.2) is 11.3 Å². The quantitative estimate of drug-likeness (QED) is 0.817. The molecular formula is C17H23NO2. The Morgan fingerprint density at radius 2 is 2.20 bits per heavy atom. The molecule has 1 aromatic heterocycles. The van der Waals surface area contributed by atoms with Crippen LogP contribution in [0.3, 0.4) is 0 Å². The number of hydrogen-bond acceptors (Lipinski definition) is 3. The third kappa shape index (κ3) is 2.68. The minimum absolute atomic E-state index is 0.358. The van der Waals surface area contributed by atoms with Crippen molar-refractivity contribution < 1.29 is 9.15 Å². The van der Waals surface area contributed by atoms with Crippen molar-refractivity contribution in [3.05, 3.63) is 30.0 Å². The van der Waals surface area contributed by atoms with E-state index in [0.29, 0.717) is 12.6 Å². The number of nitrogens with one attached hydrogen (secondary N) is 1. The van der Waals surface area contributed by atoms with Gasteiger partial charge in [-0.3, -0.25) is 0 Å². The molecule has 20 heavy (non-hydrogen) atoms. The van der Waals surface area contributed by atoms with Crippen LogP contribution in [-0.2, 0) is 0 Å². The molecule has 1 atom stereocenters. The van der Waals surface area contributed by atoms with Crippen molar-refractivity contribution >= 4 is 11.0 Å². The summed E-state index contributed by atoms with van der Waals surface area (Å²) in [6, 6.07) is 8.62. The Bertz CT molecular complexity index is 571. The molecule has 1 saturated carbocycles. The van der Waals surface area contributed by atoms with Crippen LogP contribution in [0.1, 0.15) is 44.9 Å². The summed E-state index contributed by atoms with van der Waals surface area (Å²) in [4.78, 5) is 0. The second-order valence-electron chi connectivity index (χ2n) is 5.53. The summed E-state index contributed by atoms with van der Waals surface area (Å²) in [5.74, 6) is 2.64. The first-order chi connectivity index (χ1) is 9.83. The molecule has 0 radical (unpaired) electrons. The molecule has 3 heteroatoms. The maximum atomic E-state index is 6.12. The fraction of sp³-hybridized carbons (Fsp3) is 0.529. The fourth-order valence-electron chi connectivity index (χ4n) is 2.71. The Kier molecular flexibility index (Phi) is 3.97. The lowest BCUT2D eigenvalue weighted by Crippen LogP contribution is -2.23. The molecule has 0 amide bonds. The van der Waals surface area contributed by atoms with Crippen LogP contribution >= 0.6 is 0 Å². The molecule has 1 heterocycles. The molecule has 1 aliphatic carbocycles. The van der Waals surface area contributed by atoms with Crippen molar-refractivity contribution in [3.8, 4) is 5.75 Å². The zero-order valence-electron chi connectivity index (χ0n) is 12.3. The largest absolute Gasteiger partial charge is 0.490 e. The first-order valence-corrected chi connectivity index (χ1v) is 7.72. The summed E-state index contributed by atoms with van der Waals surface area (Å²) in [5, 5.41) is 4.76. The highest BCUT2D eigenvalue weighted by molar-refractivity contribution is 5.83. The van der Waals surface area contributed by atoms with Gasteiger partial charge in [0.05, 0.1) is 12.6 Å². The number of fused-ring (bicyclic) bond motifs is 1. The fourth-order valence-corrected chi connectivity index (χ4v) is 2.71. The van der Waals surface area contributed by atoms with Crippen LogP contribution in [0.15, 0.2) is 28.7 Å². The summed E-state index contributed by atoms with van der Waals surface area (Å²) in [5.41, 5.74) is 0.883. The zero-order chi connectivity index (χ0) is 13.9. The maximum Gasteiger partial charge on any atom is 0.176 e. The van der Waals surface area contributed by atoms with Gasteiger partial charge in [-0.2, -0.15) is 0 Å². The van der Waals surface area contributed by atoms with Crippen molar-refractivity contribution in [3.63, 3.8) is 0 Å². The van der Waals surface area contributed by atoms with Gasteiger partial charge < -0.3 is 14.5 Å². The predicted molar refractivity (Wildman–Crippen MR) is 81.1 cm³/mol. The van der Waals surface area contributed by atoms with Crippen LogP contribution in [-0.4, -0.2) is 13.2 Å². The molecule has 1 aromatic carbocycles. The van der Waals surface area contributed by atoms with E-state index in [9.17, 15) is 0 Å². The lowest BCUT2D eigenvalue weighted by molar-refractivity contribution is 0.333. The number of ether oxygens (including phenoxy) is 1. The minimum atomic E-state index is 0.358. The molecule has 0 aliphatic heterocycles. The van der Waals surface area contributed by atoms with Gasteiger partial charge in [0.2, 0.25) is 0 Å². The van der Waals surface area contributed by atoms with Crippen LogP contribution in [0, 0.1) is 5.92 Å². The number of para-hydroxylation sites is 1. The van der Waals surface area contributed by atoms with E-state index >= 15 is 0 Å². The molecule has 3 nitrogen and oxygen atoms in total. The maximum absolute atomic E-state index is 6.12. The van der Waals surface area contributed by atoms with Crippen LogP contribution in [0.5, 0.6) is 5.75 Å². The van der Waals surface area contributed by atoms with Crippen LogP contribution < -0.4 is 10.1 Å². The van der Waals surface area contributed by atoms with Crippen LogP contribution in [0.2, 0.25) is 0 Å². The molecule has 3 rings (SSSR count). The lowest BCUT2D eigenvalue weighted by Gasteiger charge is -2.15. The molecule has 1 aliphatic rings. The third-order valence-corrected chi connectivity index (χ3v) is 3.84. The van der Waals surface area contributed by atoms with Gasteiger partial charge in [0.1, 0.15) is 5.76 Å². The summed E-state index contributed by atoms with van der Waals surface area (Å²) < 4.78 is 11.8. The van der Waals surface area contributed by atoms with E-state index in [0.717, 1.165) is 41.4 Å². The monoisotopic (exact) mass is 273 g/mol. The topological polar surface area (TPSA) is 34.4 Å². The van der Waals surface area contributed by atoms with Gasteiger partial charge in [0.25, 0.3) is 0 Å². The number of rotatable bonds is 7. The van der Waals surface area contributed by atoms with Crippen molar-refractivity contribution in [2.75, 3.05) is 13.2 Å². The van der Waals surface area contributed by atoms with Gasteiger partial charge in [-0.1, -0.05) is 19.1 Å². The summed E-state index contributed by atoms with van der Waals surface area (Å²) in [7, 11) is 0.